The van der Waals surface area contributed by atoms with Crippen LogP contribution in [0.4, 0.5) is 5.95 Å². The van der Waals surface area contributed by atoms with E-state index in [1.54, 1.807) is 42.5 Å². The number of rotatable bonds is 6. The van der Waals surface area contributed by atoms with Gasteiger partial charge in [0.25, 0.3) is 11.5 Å². The second-order valence-electron chi connectivity index (χ2n) is 5.65. The average Bonchev–Trinajstić information content (AvgIpc) is 2.71. The summed E-state index contributed by atoms with van der Waals surface area (Å²) in [4.78, 5) is 29.6. The number of methoxy groups -OCH3 is 2. The number of fused-ring (bicyclic) bond motifs is 1. The summed E-state index contributed by atoms with van der Waals surface area (Å²) in [6, 6.07) is 11.9. The third-order valence-electron chi connectivity index (χ3n) is 4.12. The Morgan fingerprint density at radius 3 is 2.63 bits per heavy atom. The zero-order valence-corrected chi connectivity index (χ0v) is 15.3. The van der Waals surface area contributed by atoms with Gasteiger partial charge in [0.2, 0.25) is 5.95 Å². The first-order valence-electron chi connectivity index (χ1n) is 8.37. The van der Waals surface area contributed by atoms with E-state index in [1.165, 1.54) is 18.8 Å². The van der Waals surface area contributed by atoms with E-state index in [1.807, 2.05) is 6.92 Å². The summed E-state index contributed by atoms with van der Waals surface area (Å²) in [5.74, 6) is 0.766. The number of amides is 1. The molecule has 2 N–H and O–H groups in total. The van der Waals surface area contributed by atoms with Crippen molar-refractivity contribution in [3.63, 3.8) is 0 Å². The number of hydrazine groups is 1. The van der Waals surface area contributed by atoms with Crippen molar-refractivity contribution in [2.75, 3.05) is 19.6 Å². The lowest BCUT2D eigenvalue weighted by Gasteiger charge is -2.15. The zero-order valence-electron chi connectivity index (χ0n) is 15.3. The van der Waals surface area contributed by atoms with Crippen LogP contribution in [0.15, 0.2) is 47.3 Å². The number of hydrogen-bond acceptors (Lipinski definition) is 6. The molecule has 0 aliphatic rings. The van der Waals surface area contributed by atoms with Crippen LogP contribution in [0.3, 0.4) is 0 Å². The van der Waals surface area contributed by atoms with Gasteiger partial charge in [-0.25, -0.2) is 4.98 Å². The third-order valence-corrected chi connectivity index (χ3v) is 4.12. The van der Waals surface area contributed by atoms with Crippen molar-refractivity contribution >= 4 is 22.8 Å². The first kappa shape index (κ1) is 18.2. The molecule has 140 valence electrons. The normalized spacial score (nSPS) is 10.5. The SMILES string of the molecule is CCn1c(NNC(=O)c2ccc(OC)cc2OC)nc2ccccc2c1=O. The number of para-hydroxylation sites is 1. The molecule has 2 aromatic carbocycles. The van der Waals surface area contributed by atoms with Crippen molar-refractivity contribution in [1.29, 1.82) is 0 Å². The molecule has 0 radical (unpaired) electrons. The molecule has 3 rings (SSSR count). The number of nitrogens with zero attached hydrogens (tertiary/aromatic N) is 2. The van der Waals surface area contributed by atoms with Crippen molar-refractivity contribution in [2.45, 2.75) is 13.5 Å². The monoisotopic (exact) mass is 368 g/mol. The predicted molar refractivity (Wildman–Crippen MR) is 102 cm³/mol. The Bertz CT molecular complexity index is 1050. The highest BCUT2D eigenvalue weighted by molar-refractivity contribution is 5.97. The van der Waals surface area contributed by atoms with Crippen molar-refractivity contribution in [3.8, 4) is 11.5 Å². The van der Waals surface area contributed by atoms with Crippen LogP contribution in [0, 0.1) is 0 Å². The Morgan fingerprint density at radius 2 is 1.93 bits per heavy atom. The van der Waals surface area contributed by atoms with Gasteiger partial charge in [0, 0.05) is 12.6 Å². The highest BCUT2D eigenvalue weighted by Gasteiger charge is 2.15. The standard InChI is InChI=1S/C19H20N4O4/c1-4-23-18(25)13-7-5-6-8-15(13)20-19(23)22-21-17(24)14-10-9-12(26-2)11-16(14)27-3/h5-11H,4H2,1-3H3,(H,20,22)(H,21,24). The van der Waals surface area contributed by atoms with E-state index in [0.717, 1.165) is 0 Å². The van der Waals surface area contributed by atoms with Gasteiger partial charge in [-0.05, 0) is 31.2 Å². The Kier molecular flexibility index (Phi) is 5.25. The summed E-state index contributed by atoms with van der Waals surface area (Å²) in [6.07, 6.45) is 0. The molecule has 1 heterocycles. The number of carbonyl (C=O) groups excluding carboxylic acids is 1. The quantitative estimate of drug-likeness (QED) is 0.648. The number of benzene rings is 2. The number of nitrogens with one attached hydrogen (secondary N) is 2. The molecule has 8 nitrogen and oxygen atoms in total. The molecule has 0 atom stereocenters. The van der Waals surface area contributed by atoms with Gasteiger partial charge in [-0.1, -0.05) is 12.1 Å². The minimum absolute atomic E-state index is 0.179. The summed E-state index contributed by atoms with van der Waals surface area (Å²) in [5, 5.41) is 0.521. The Hall–Kier alpha value is -3.55. The van der Waals surface area contributed by atoms with Crippen LogP contribution in [-0.2, 0) is 6.54 Å². The van der Waals surface area contributed by atoms with Crippen LogP contribution in [0.1, 0.15) is 17.3 Å². The number of ether oxygens (including phenoxy) is 2. The summed E-state index contributed by atoms with van der Waals surface area (Å²) >= 11 is 0. The fourth-order valence-corrected chi connectivity index (χ4v) is 2.72. The summed E-state index contributed by atoms with van der Waals surface area (Å²) in [7, 11) is 3.00. The van der Waals surface area contributed by atoms with Gasteiger partial charge in [0.05, 0.1) is 30.7 Å². The van der Waals surface area contributed by atoms with Gasteiger partial charge in [-0.2, -0.15) is 0 Å². The van der Waals surface area contributed by atoms with Gasteiger partial charge < -0.3 is 9.47 Å². The lowest BCUT2D eigenvalue weighted by molar-refractivity contribution is 0.0959. The molecular formula is C19H20N4O4. The molecule has 0 fully saturated rings. The van der Waals surface area contributed by atoms with Gasteiger partial charge in [-0.15, -0.1) is 0 Å². The molecule has 0 saturated heterocycles. The zero-order chi connectivity index (χ0) is 19.4. The predicted octanol–water partition coefficient (Wildman–Crippen LogP) is 2.19. The molecule has 8 heteroatoms. The Labute approximate surface area is 155 Å². The molecule has 0 unspecified atom stereocenters. The van der Waals surface area contributed by atoms with E-state index in [-0.39, 0.29) is 11.5 Å². The van der Waals surface area contributed by atoms with Crippen LogP contribution in [0.2, 0.25) is 0 Å². The maximum absolute atomic E-state index is 12.6. The Morgan fingerprint density at radius 1 is 1.15 bits per heavy atom. The maximum Gasteiger partial charge on any atom is 0.273 e. The molecule has 0 spiro atoms. The number of anilines is 1. The van der Waals surface area contributed by atoms with E-state index in [2.05, 4.69) is 15.8 Å². The van der Waals surface area contributed by atoms with Gasteiger partial charge in [0.15, 0.2) is 0 Å². The maximum atomic E-state index is 12.6. The second-order valence-corrected chi connectivity index (χ2v) is 5.65. The largest absolute Gasteiger partial charge is 0.497 e. The number of aromatic nitrogens is 2. The minimum atomic E-state index is -0.431. The molecule has 3 aromatic rings. The molecule has 0 bridgehead atoms. The van der Waals surface area contributed by atoms with Crippen molar-refractivity contribution in [1.82, 2.24) is 15.0 Å². The van der Waals surface area contributed by atoms with Crippen LogP contribution >= 0.6 is 0 Å². The molecule has 1 aromatic heterocycles. The molecule has 0 aliphatic heterocycles. The first-order chi connectivity index (χ1) is 13.1. The molecule has 0 aliphatic carbocycles. The number of hydrogen-bond donors (Lipinski definition) is 2. The van der Waals surface area contributed by atoms with Crippen LogP contribution in [0.5, 0.6) is 11.5 Å². The van der Waals surface area contributed by atoms with E-state index < -0.39 is 5.91 Å². The molecule has 0 saturated carbocycles. The topological polar surface area (TPSA) is 94.5 Å². The molecular weight excluding hydrogens is 348 g/mol. The fraction of sp³-hybridized carbons (Fsp3) is 0.211. The van der Waals surface area contributed by atoms with Crippen molar-refractivity contribution in [3.05, 3.63) is 58.4 Å². The lowest BCUT2D eigenvalue weighted by atomic mass is 10.2. The lowest BCUT2D eigenvalue weighted by Crippen LogP contribution is -2.34. The van der Waals surface area contributed by atoms with E-state index in [9.17, 15) is 9.59 Å². The summed E-state index contributed by atoms with van der Waals surface area (Å²) in [6.45, 7) is 2.23. The van der Waals surface area contributed by atoms with Crippen LogP contribution < -0.4 is 25.9 Å². The smallest absolute Gasteiger partial charge is 0.273 e. The second kappa shape index (κ2) is 7.77. The van der Waals surface area contributed by atoms with Crippen LogP contribution in [0.25, 0.3) is 10.9 Å². The molecule has 1 amide bonds. The van der Waals surface area contributed by atoms with E-state index in [0.29, 0.717) is 34.5 Å². The third kappa shape index (κ3) is 3.55. The molecule has 27 heavy (non-hydrogen) atoms. The van der Waals surface area contributed by atoms with Gasteiger partial charge in [0.1, 0.15) is 11.5 Å². The Balaban J connectivity index is 1.89. The van der Waals surface area contributed by atoms with E-state index >= 15 is 0 Å². The average molecular weight is 368 g/mol. The fourth-order valence-electron chi connectivity index (χ4n) is 2.72. The minimum Gasteiger partial charge on any atom is -0.497 e. The van der Waals surface area contributed by atoms with Crippen molar-refractivity contribution < 1.29 is 14.3 Å². The van der Waals surface area contributed by atoms with Crippen molar-refractivity contribution in [2.24, 2.45) is 0 Å². The first-order valence-corrected chi connectivity index (χ1v) is 8.37. The highest BCUT2D eigenvalue weighted by atomic mass is 16.5. The van der Waals surface area contributed by atoms with Gasteiger partial charge in [-0.3, -0.25) is 25.0 Å². The number of carbonyl (C=O) groups is 1. The van der Waals surface area contributed by atoms with Crippen LogP contribution in [-0.4, -0.2) is 29.7 Å². The summed E-state index contributed by atoms with van der Waals surface area (Å²) < 4.78 is 11.8. The highest BCUT2D eigenvalue weighted by Crippen LogP contribution is 2.24. The summed E-state index contributed by atoms with van der Waals surface area (Å²) in [5.41, 5.74) is 5.99. The van der Waals surface area contributed by atoms with Gasteiger partial charge >= 0.3 is 0 Å². The van der Waals surface area contributed by atoms with E-state index in [4.69, 9.17) is 9.47 Å².